The lowest BCUT2D eigenvalue weighted by Crippen LogP contribution is -2.24. The highest BCUT2D eigenvalue weighted by Gasteiger charge is 2.03. The minimum Gasteiger partial charge on any atom is -0.468 e. The summed E-state index contributed by atoms with van der Waals surface area (Å²) >= 11 is 0. The molecule has 0 aliphatic rings. The fourth-order valence-electron chi connectivity index (χ4n) is 2.37. The maximum absolute atomic E-state index is 6.13. The van der Waals surface area contributed by atoms with Crippen LogP contribution in [0.2, 0.25) is 0 Å². The zero-order chi connectivity index (χ0) is 15.5. The first-order valence-corrected chi connectivity index (χ1v) is 8.06. The van der Waals surface area contributed by atoms with Crippen molar-refractivity contribution in [2.45, 2.75) is 44.8 Å². The topological polar surface area (TPSA) is 76.4 Å². The average molecular weight is 305 g/mol. The number of rotatable bonds is 12. The number of nitrogens with one attached hydrogen (secondary N) is 2. The zero-order valence-electron chi connectivity index (χ0n) is 13.1. The molecular weight excluding hydrogens is 278 g/mol. The van der Waals surface area contributed by atoms with Crippen LogP contribution < -0.4 is 16.4 Å². The van der Waals surface area contributed by atoms with E-state index >= 15 is 0 Å². The zero-order valence-corrected chi connectivity index (χ0v) is 13.1. The second-order valence-corrected chi connectivity index (χ2v) is 5.56. The number of hydrogen-bond donors (Lipinski definition) is 3. The highest BCUT2D eigenvalue weighted by atomic mass is 16.3. The average Bonchev–Trinajstić information content (AvgIpc) is 3.19. The highest BCUT2D eigenvalue weighted by Crippen LogP contribution is 2.03. The maximum atomic E-state index is 6.13. The quantitative estimate of drug-likeness (QED) is 0.526. The molecule has 0 unspecified atom stereocenters. The van der Waals surface area contributed by atoms with E-state index in [1.165, 1.54) is 0 Å². The molecule has 5 nitrogen and oxygen atoms in total. The van der Waals surface area contributed by atoms with E-state index in [0.717, 1.165) is 63.4 Å². The van der Waals surface area contributed by atoms with Crippen molar-refractivity contribution in [2.24, 2.45) is 5.73 Å². The van der Waals surface area contributed by atoms with Crippen LogP contribution in [0.1, 0.15) is 37.2 Å². The molecule has 122 valence electrons. The molecule has 0 radical (unpaired) electrons. The fourth-order valence-corrected chi connectivity index (χ4v) is 2.37. The number of nitrogens with two attached hydrogens (primary N) is 1. The summed E-state index contributed by atoms with van der Waals surface area (Å²) in [6.07, 6.45) is 7.72. The van der Waals surface area contributed by atoms with E-state index in [1.807, 2.05) is 24.3 Å². The normalized spacial score (nSPS) is 11.4. The summed E-state index contributed by atoms with van der Waals surface area (Å²) < 4.78 is 10.5. The van der Waals surface area contributed by atoms with Crippen molar-refractivity contribution < 1.29 is 8.83 Å². The third kappa shape index (κ3) is 6.93. The van der Waals surface area contributed by atoms with Crippen LogP contribution in [0.5, 0.6) is 0 Å². The van der Waals surface area contributed by atoms with Gasteiger partial charge in [0.15, 0.2) is 0 Å². The van der Waals surface area contributed by atoms with Gasteiger partial charge >= 0.3 is 0 Å². The molecule has 2 heterocycles. The Balaban J connectivity index is 1.38. The van der Waals surface area contributed by atoms with Gasteiger partial charge < -0.3 is 25.2 Å². The van der Waals surface area contributed by atoms with Gasteiger partial charge in [-0.15, -0.1) is 0 Å². The monoisotopic (exact) mass is 305 g/mol. The van der Waals surface area contributed by atoms with E-state index < -0.39 is 0 Å². The minimum absolute atomic E-state index is 0.288. The Morgan fingerprint density at radius 1 is 0.864 bits per heavy atom. The first kappa shape index (κ1) is 16.8. The van der Waals surface area contributed by atoms with E-state index in [2.05, 4.69) is 10.6 Å². The molecule has 0 aliphatic carbocycles. The smallest absolute Gasteiger partial charge is 0.117 e. The largest absolute Gasteiger partial charge is 0.468 e. The van der Waals surface area contributed by atoms with Crippen molar-refractivity contribution >= 4 is 0 Å². The number of furan rings is 2. The van der Waals surface area contributed by atoms with Gasteiger partial charge in [0.25, 0.3) is 0 Å². The first-order chi connectivity index (χ1) is 10.8. The van der Waals surface area contributed by atoms with Crippen LogP contribution in [0.25, 0.3) is 0 Å². The molecule has 0 aromatic carbocycles. The van der Waals surface area contributed by atoms with Gasteiger partial charge in [0, 0.05) is 6.04 Å². The summed E-state index contributed by atoms with van der Waals surface area (Å²) in [6, 6.07) is 8.07. The van der Waals surface area contributed by atoms with Crippen molar-refractivity contribution in [3.8, 4) is 0 Å². The van der Waals surface area contributed by atoms with Crippen molar-refractivity contribution in [3.05, 3.63) is 48.3 Å². The molecule has 4 N–H and O–H groups in total. The first-order valence-electron chi connectivity index (χ1n) is 8.06. The van der Waals surface area contributed by atoms with Crippen molar-refractivity contribution in [2.75, 3.05) is 13.1 Å². The number of hydrogen-bond acceptors (Lipinski definition) is 5. The minimum atomic E-state index is 0.288. The molecule has 2 rings (SSSR count). The van der Waals surface area contributed by atoms with Crippen LogP contribution in [0.3, 0.4) is 0 Å². The van der Waals surface area contributed by atoms with E-state index in [-0.39, 0.29) is 6.04 Å². The van der Waals surface area contributed by atoms with Gasteiger partial charge in [0.1, 0.15) is 11.5 Å². The predicted molar refractivity (Wildman–Crippen MR) is 87.3 cm³/mol. The van der Waals surface area contributed by atoms with Crippen LogP contribution in [-0.2, 0) is 13.1 Å². The van der Waals surface area contributed by atoms with Crippen LogP contribution in [0.4, 0.5) is 0 Å². The van der Waals surface area contributed by atoms with Crippen LogP contribution in [-0.4, -0.2) is 19.1 Å². The molecule has 0 aliphatic heterocycles. The Morgan fingerprint density at radius 3 is 1.77 bits per heavy atom. The van der Waals surface area contributed by atoms with E-state index in [0.29, 0.717) is 0 Å². The lowest BCUT2D eigenvalue weighted by atomic mass is 10.1. The predicted octanol–water partition coefficient (Wildman–Crippen LogP) is 2.64. The summed E-state index contributed by atoms with van der Waals surface area (Å²) in [5, 5.41) is 6.73. The molecule has 0 bridgehead atoms. The van der Waals surface area contributed by atoms with Gasteiger partial charge in [-0.2, -0.15) is 0 Å². The summed E-state index contributed by atoms with van der Waals surface area (Å²) in [5.74, 6) is 1.96. The molecule has 0 spiro atoms. The molecular formula is C17H27N3O2. The molecule has 22 heavy (non-hydrogen) atoms. The Morgan fingerprint density at radius 2 is 1.36 bits per heavy atom. The molecule has 0 saturated carbocycles. The van der Waals surface area contributed by atoms with Crippen LogP contribution in [0, 0.1) is 0 Å². The SMILES string of the molecule is NC(CCCNCc1ccco1)CCCNCc1ccco1. The lowest BCUT2D eigenvalue weighted by molar-refractivity contribution is 0.457. The highest BCUT2D eigenvalue weighted by molar-refractivity contribution is 4.97. The molecule has 2 aromatic rings. The second-order valence-electron chi connectivity index (χ2n) is 5.56. The lowest BCUT2D eigenvalue weighted by Gasteiger charge is -2.11. The third-order valence-electron chi connectivity index (χ3n) is 3.62. The van der Waals surface area contributed by atoms with Gasteiger partial charge in [-0.3, -0.25) is 0 Å². The molecule has 0 fully saturated rings. The van der Waals surface area contributed by atoms with Gasteiger partial charge in [0.05, 0.1) is 25.6 Å². The van der Waals surface area contributed by atoms with E-state index in [1.54, 1.807) is 12.5 Å². The second kappa shape index (κ2) is 10.2. The van der Waals surface area contributed by atoms with E-state index in [9.17, 15) is 0 Å². The van der Waals surface area contributed by atoms with Crippen molar-refractivity contribution in [1.29, 1.82) is 0 Å². The van der Waals surface area contributed by atoms with Gasteiger partial charge in [0.2, 0.25) is 0 Å². The molecule has 0 saturated heterocycles. The summed E-state index contributed by atoms with van der Waals surface area (Å²) in [4.78, 5) is 0. The third-order valence-corrected chi connectivity index (χ3v) is 3.62. The van der Waals surface area contributed by atoms with Crippen LogP contribution in [0.15, 0.2) is 45.6 Å². The van der Waals surface area contributed by atoms with Gasteiger partial charge in [-0.1, -0.05) is 0 Å². The molecule has 2 aromatic heterocycles. The summed E-state index contributed by atoms with van der Waals surface area (Å²) in [6.45, 7) is 3.54. The van der Waals surface area contributed by atoms with Crippen molar-refractivity contribution in [1.82, 2.24) is 10.6 Å². The van der Waals surface area contributed by atoms with E-state index in [4.69, 9.17) is 14.6 Å². The van der Waals surface area contributed by atoms with Gasteiger partial charge in [-0.25, -0.2) is 0 Å². The Labute approximate surface area is 132 Å². The molecule has 5 heteroatoms. The standard InChI is InChI=1S/C17H27N3O2/c18-15(5-1-9-19-13-16-7-3-11-21-16)6-2-10-20-14-17-8-4-12-22-17/h3-4,7-8,11-12,15,19-20H,1-2,5-6,9-10,13-14,18H2. The molecule has 0 amide bonds. The Hall–Kier alpha value is -1.56. The Bertz CT molecular complexity index is 424. The fraction of sp³-hybridized carbons (Fsp3) is 0.529. The maximum Gasteiger partial charge on any atom is 0.117 e. The molecule has 0 atom stereocenters. The Kier molecular flexibility index (Phi) is 7.80. The van der Waals surface area contributed by atoms with Gasteiger partial charge in [-0.05, 0) is 63.0 Å². The van der Waals surface area contributed by atoms with Crippen molar-refractivity contribution in [3.63, 3.8) is 0 Å². The van der Waals surface area contributed by atoms with Crippen LogP contribution >= 0.6 is 0 Å². The summed E-state index contributed by atoms with van der Waals surface area (Å²) in [5.41, 5.74) is 6.13. The summed E-state index contributed by atoms with van der Waals surface area (Å²) in [7, 11) is 0.